The van der Waals surface area contributed by atoms with Crippen molar-refractivity contribution in [1.82, 2.24) is 19.6 Å². The summed E-state index contributed by atoms with van der Waals surface area (Å²) in [7, 11) is 0. The minimum absolute atomic E-state index is 0.0711. The monoisotopic (exact) mass is 474 g/mol. The second-order valence-electron chi connectivity index (χ2n) is 7.60. The average molecular weight is 475 g/mol. The van der Waals surface area contributed by atoms with Crippen molar-refractivity contribution in [3.8, 4) is 0 Å². The molecule has 3 aromatic rings. The summed E-state index contributed by atoms with van der Waals surface area (Å²) in [5, 5.41) is 4.82. The molecular formula is C23H21Cl2FN4O2. The predicted molar refractivity (Wildman–Crippen MR) is 121 cm³/mol. The number of benzene rings is 2. The molecule has 9 heteroatoms. The van der Waals surface area contributed by atoms with E-state index in [1.165, 1.54) is 12.1 Å². The molecule has 1 aliphatic heterocycles. The van der Waals surface area contributed by atoms with Gasteiger partial charge in [-0.3, -0.25) is 9.59 Å². The number of carbonyl (C=O) groups excluding carboxylic acids is 2. The molecule has 0 aliphatic carbocycles. The predicted octanol–water partition coefficient (Wildman–Crippen LogP) is 4.28. The maximum atomic E-state index is 13.3. The van der Waals surface area contributed by atoms with Gasteiger partial charge in [0.25, 0.3) is 11.8 Å². The molecule has 6 nitrogen and oxygen atoms in total. The smallest absolute Gasteiger partial charge is 0.259 e. The van der Waals surface area contributed by atoms with Gasteiger partial charge in [-0.15, -0.1) is 0 Å². The van der Waals surface area contributed by atoms with Crippen LogP contribution in [0, 0.1) is 12.7 Å². The number of piperazine rings is 1. The van der Waals surface area contributed by atoms with Crippen LogP contribution < -0.4 is 0 Å². The summed E-state index contributed by atoms with van der Waals surface area (Å²) >= 11 is 12.5. The van der Waals surface area contributed by atoms with Crippen molar-refractivity contribution in [3.63, 3.8) is 0 Å². The molecule has 1 aromatic heterocycles. The van der Waals surface area contributed by atoms with Crippen LogP contribution in [0.3, 0.4) is 0 Å². The topological polar surface area (TPSA) is 58.4 Å². The lowest BCUT2D eigenvalue weighted by atomic mass is 10.1. The van der Waals surface area contributed by atoms with Gasteiger partial charge in [-0.1, -0.05) is 53.5 Å². The molecule has 0 spiro atoms. The number of carbonyl (C=O) groups is 2. The minimum Gasteiger partial charge on any atom is -0.335 e. The van der Waals surface area contributed by atoms with Gasteiger partial charge in [0.05, 0.1) is 28.4 Å². The van der Waals surface area contributed by atoms with Gasteiger partial charge in [-0.05, 0) is 30.7 Å². The number of hydrogen-bond acceptors (Lipinski definition) is 3. The van der Waals surface area contributed by atoms with Gasteiger partial charge in [0.1, 0.15) is 11.0 Å². The van der Waals surface area contributed by atoms with Gasteiger partial charge in [-0.2, -0.15) is 5.10 Å². The number of rotatable bonds is 4. The molecule has 1 saturated heterocycles. The Bertz CT molecular complexity index is 1160. The van der Waals surface area contributed by atoms with Crippen molar-refractivity contribution < 1.29 is 14.0 Å². The fraction of sp³-hybridized carbons (Fsp3) is 0.261. The second-order valence-corrected chi connectivity index (χ2v) is 8.37. The van der Waals surface area contributed by atoms with E-state index in [-0.39, 0.29) is 22.4 Å². The SMILES string of the molecule is Cc1nn(Cc2ccccc2)c(Cl)c1C(=O)N1CCN(C(=O)c2ccc(F)cc2Cl)CC1. The van der Waals surface area contributed by atoms with E-state index in [1.807, 2.05) is 30.3 Å². The van der Waals surface area contributed by atoms with E-state index in [0.717, 1.165) is 11.6 Å². The molecule has 166 valence electrons. The molecule has 0 atom stereocenters. The zero-order valence-corrected chi connectivity index (χ0v) is 18.9. The average Bonchev–Trinajstić information content (AvgIpc) is 3.06. The lowest BCUT2D eigenvalue weighted by Crippen LogP contribution is -2.50. The molecule has 4 rings (SSSR count). The van der Waals surface area contributed by atoms with Gasteiger partial charge in [0.15, 0.2) is 0 Å². The molecular weight excluding hydrogens is 454 g/mol. The molecule has 32 heavy (non-hydrogen) atoms. The number of aromatic nitrogens is 2. The van der Waals surface area contributed by atoms with Crippen molar-refractivity contribution in [1.29, 1.82) is 0 Å². The lowest BCUT2D eigenvalue weighted by Gasteiger charge is -2.35. The summed E-state index contributed by atoms with van der Waals surface area (Å²) in [5.41, 5.74) is 2.22. The van der Waals surface area contributed by atoms with Gasteiger partial charge in [0.2, 0.25) is 0 Å². The van der Waals surface area contributed by atoms with Crippen LogP contribution in [-0.4, -0.2) is 57.6 Å². The van der Waals surface area contributed by atoms with Crippen molar-refractivity contribution in [2.75, 3.05) is 26.2 Å². The highest BCUT2D eigenvalue weighted by atomic mass is 35.5. The molecule has 0 N–H and O–H groups in total. The van der Waals surface area contributed by atoms with Crippen molar-refractivity contribution in [2.24, 2.45) is 0 Å². The third-order valence-corrected chi connectivity index (χ3v) is 6.17. The van der Waals surface area contributed by atoms with Crippen molar-refractivity contribution in [3.05, 3.63) is 86.9 Å². The number of hydrogen-bond donors (Lipinski definition) is 0. The first kappa shape index (κ1) is 22.3. The van der Waals surface area contributed by atoms with Gasteiger partial charge in [-0.25, -0.2) is 9.07 Å². The molecule has 2 aromatic carbocycles. The van der Waals surface area contributed by atoms with Crippen molar-refractivity contribution in [2.45, 2.75) is 13.5 Å². The Labute approximate surface area is 195 Å². The first-order valence-corrected chi connectivity index (χ1v) is 10.9. The zero-order valence-electron chi connectivity index (χ0n) is 17.4. The van der Waals surface area contributed by atoms with Crippen LogP contribution in [0.5, 0.6) is 0 Å². The van der Waals surface area contributed by atoms with Crippen LogP contribution in [0.25, 0.3) is 0 Å². The molecule has 1 aliphatic rings. The van der Waals surface area contributed by atoms with E-state index in [9.17, 15) is 14.0 Å². The maximum absolute atomic E-state index is 13.3. The standard InChI is InChI=1S/C23H21Cl2FN4O2/c1-15-20(21(25)30(27-15)14-16-5-3-2-4-6-16)23(32)29-11-9-28(10-12-29)22(31)18-8-7-17(26)13-19(18)24/h2-8,13H,9-12,14H2,1H3. The van der Waals surface area contributed by atoms with Crippen LogP contribution in [0.1, 0.15) is 32.0 Å². The van der Waals surface area contributed by atoms with E-state index >= 15 is 0 Å². The summed E-state index contributed by atoms with van der Waals surface area (Å²) in [6, 6.07) is 13.4. The lowest BCUT2D eigenvalue weighted by molar-refractivity contribution is 0.0535. The number of nitrogens with zero attached hydrogens (tertiary/aromatic N) is 4. The number of amides is 2. The summed E-state index contributed by atoms with van der Waals surface area (Å²) in [6.07, 6.45) is 0. The Morgan fingerprint density at radius 1 is 0.969 bits per heavy atom. The Morgan fingerprint density at radius 2 is 1.59 bits per heavy atom. The second kappa shape index (κ2) is 9.30. The van der Waals surface area contributed by atoms with Gasteiger partial charge < -0.3 is 9.80 Å². The Morgan fingerprint density at radius 3 is 2.22 bits per heavy atom. The van der Waals surface area contributed by atoms with Crippen LogP contribution >= 0.6 is 23.2 Å². The molecule has 0 bridgehead atoms. The Hall–Kier alpha value is -2.90. The molecule has 0 radical (unpaired) electrons. The summed E-state index contributed by atoms with van der Waals surface area (Å²) in [5.74, 6) is -0.993. The summed E-state index contributed by atoms with van der Waals surface area (Å²) < 4.78 is 14.9. The highest BCUT2D eigenvalue weighted by Crippen LogP contribution is 2.24. The maximum Gasteiger partial charge on any atom is 0.259 e. The molecule has 1 fully saturated rings. The third-order valence-electron chi connectivity index (χ3n) is 5.47. The van der Waals surface area contributed by atoms with Crippen LogP contribution in [0.15, 0.2) is 48.5 Å². The number of halogens is 3. The summed E-state index contributed by atoms with van der Waals surface area (Å²) in [6.45, 7) is 3.61. The normalized spacial score (nSPS) is 14.0. The first-order chi connectivity index (χ1) is 15.3. The Balaban J connectivity index is 1.44. The first-order valence-electron chi connectivity index (χ1n) is 10.2. The molecule has 0 saturated carbocycles. The zero-order chi connectivity index (χ0) is 22.8. The highest BCUT2D eigenvalue weighted by molar-refractivity contribution is 6.34. The largest absolute Gasteiger partial charge is 0.335 e. The van der Waals surface area contributed by atoms with E-state index < -0.39 is 5.82 Å². The number of aryl methyl sites for hydroxylation is 1. The van der Waals surface area contributed by atoms with Crippen LogP contribution in [-0.2, 0) is 6.54 Å². The van der Waals surface area contributed by atoms with E-state index in [2.05, 4.69) is 5.10 Å². The van der Waals surface area contributed by atoms with E-state index in [0.29, 0.717) is 49.1 Å². The fourth-order valence-electron chi connectivity index (χ4n) is 3.76. The van der Waals surface area contributed by atoms with Gasteiger partial charge >= 0.3 is 0 Å². The fourth-order valence-corrected chi connectivity index (χ4v) is 4.32. The quantitative estimate of drug-likeness (QED) is 0.566. The van der Waals surface area contributed by atoms with Crippen molar-refractivity contribution >= 4 is 35.0 Å². The molecule has 2 amide bonds. The van der Waals surface area contributed by atoms with Gasteiger partial charge in [0, 0.05) is 26.2 Å². The minimum atomic E-state index is -0.498. The summed E-state index contributed by atoms with van der Waals surface area (Å²) in [4.78, 5) is 29.2. The highest BCUT2D eigenvalue weighted by Gasteiger charge is 2.30. The Kier molecular flexibility index (Phi) is 6.48. The van der Waals surface area contributed by atoms with Crippen LogP contribution in [0.4, 0.5) is 4.39 Å². The third kappa shape index (κ3) is 4.49. The molecule has 0 unspecified atom stereocenters. The molecule has 2 heterocycles. The van der Waals surface area contributed by atoms with E-state index in [4.69, 9.17) is 23.2 Å². The van der Waals surface area contributed by atoms with E-state index in [1.54, 1.807) is 21.4 Å². The van der Waals surface area contributed by atoms with Crippen LogP contribution in [0.2, 0.25) is 10.2 Å².